The van der Waals surface area contributed by atoms with Crippen LogP contribution in [0, 0.1) is 0 Å². The van der Waals surface area contributed by atoms with Crippen molar-refractivity contribution in [1.29, 1.82) is 0 Å². The molecule has 4 rings (SSSR count). The molecule has 1 aromatic heterocycles. The Morgan fingerprint density at radius 3 is 1.85 bits per heavy atom. The molecule has 0 aliphatic carbocycles. The quantitative estimate of drug-likeness (QED) is 0.288. The predicted octanol–water partition coefficient (Wildman–Crippen LogP) is 6.82. The van der Waals surface area contributed by atoms with Crippen LogP contribution in [0.3, 0.4) is 0 Å². The number of benzene rings is 3. The van der Waals surface area contributed by atoms with Crippen LogP contribution in [-0.2, 0) is 19.4 Å². The lowest BCUT2D eigenvalue weighted by Crippen LogP contribution is -2.04. The fraction of sp³-hybridized carbons (Fsp3) is 0.111. The van der Waals surface area contributed by atoms with Gasteiger partial charge in [0.2, 0.25) is 0 Å². The number of hydrogen-bond acceptors (Lipinski definition) is 4. The second-order valence-corrected chi connectivity index (χ2v) is 7.44. The zero-order valence-corrected chi connectivity index (χ0v) is 18.1. The molecular weight excluding hydrogens is 441 g/mol. The molecular formula is C27H21F3N2O2. The lowest BCUT2D eigenvalue weighted by atomic mass is 10.1. The molecule has 0 N–H and O–H groups in total. The molecule has 0 fully saturated rings. The number of rotatable bonds is 8. The summed E-state index contributed by atoms with van der Waals surface area (Å²) in [6.07, 6.45) is -1.05. The lowest BCUT2D eigenvalue weighted by molar-refractivity contribution is -0.137. The molecule has 0 radical (unpaired) electrons. The van der Waals surface area contributed by atoms with Gasteiger partial charge in [0.25, 0.3) is 5.88 Å². The third kappa shape index (κ3) is 6.45. The number of hydrogen-bond donors (Lipinski definition) is 0. The molecule has 0 amide bonds. The zero-order valence-electron chi connectivity index (χ0n) is 18.1. The maximum absolute atomic E-state index is 12.8. The standard InChI is InChI=1S/C27H21F3N2O2/c28-27(29,30)23-14-11-20(12-15-23)13-16-24-17-25(33-18-21-7-3-1-4-8-21)26(32-31-24)34-19-22-9-5-2-6-10-22/h1-17H,18-19H2. The third-order valence-corrected chi connectivity index (χ3v) is 4.89. The van der Waals surface area contributed by atoms with Crippen molar-refractivity contribution in [2.45, 2.75) is 19.4 Å². The highest BCUT2D eigenvalue weighted by Gasteiger charge is 2.29. The van der Waals surface area contributed by atoms with E-state index < -0.39 is 11.7 Å². The Balaban J connectivity index is 1.52. The van der Waals surface area contributed by atoms with Gasteiger partial charge < -0.3 is 9.47 Å². The number of alkyl halides is 3. The Morgan fingerprint density at radius 1 is 0.676 bits per heavy atom. The summed E-state index contributed by atoms with van der Waals surface area (Å²) < 4.78 is 50.1. The van der Waals surface area contributed by atoms with Gasteiger partial charge in [0.15, 0.2) is 5.75 Å². The molecule has 0 bridgehead atoms. The first kappa shape index (κ1) is 23.0. The molecule has 0 saturated carbocycles. The van der Waals surface area contributed by atoms with Crippen molar-refractivity contribution in [1.82, 2.24) is 10.2 Å². The van der Waals surface area contributed by atoms with E-state index in [-0.39, 0.29) is 5.88 Å². The van der Waals surface area contributed by atoms with Gasteiger partial charge in [-0.15, -0.1) is 10.2 Å². The Bertz CT molecular complexity index is 1230. The molecule has 0 atom stereocenters. The van der Waals surface area contributed by atoms with Crippen LogP contribution >= 0.6 is 0 Å². The molecule has 4 aromatic rings. The van der Waals surface area contributed by atoms with E-state index >= 15 is 0 Å². The Kier molecular flexibility index (Phi) is 7.22. The average molecular weight is 462 g/mol. The van der Waals surface area contributed by atoms with Crippen LogP contribution in [0.4, 0.5) is 13.2 Å². The second kappa shape index (κ2) is 10.7. The summed E-state index contributed by atoms with van der Waals surface area (Å²) in [5.41, 5.74) is 2.35. The van der Waals surface area contributed by atoms with Crippen LogP contribution in [0.2, 0.25) is 0 Å². The van der Waals surface area contributed by atoms with E-state index in [2.05, 4.69) is 10.2 Å². The summed E-state index contributed by atoms with van der Waals surface area (Å²) in [4.78, 5) is 0. The highest BCUT2D eigenvalue weighted by molar-refractivity contribution is 5.68. The van der Waals surface area contributed by atoms with Crippen molar-refractivity contribution in [2.24, 2.45) is 0 Å². The third-order valence-electron chi connectivity index (χ3n) is 4.89. The van der Waals surface area contributed by atoms with Gasteiger partial charge in [0.05, 0.1) is 11.3 Å². The van der Waals surface area contributed by atoms with E-state index in [0.717, 1.165) is 23.3 Å². The van der Waals surface area contributed by atoms with Gasteiger partial charge >= 0.3 is 6.18 Å². The number of ether oxygens (including phenoxy) is 2. The van der Waals surface area contributed by atoms with Crippen LogP contribution in [0.15, 0.2) is 91.0 Å². The molecule has 0 aliphatic rings. The topological polar surface area (TPSA) is 44.2 Å². The maximum atomic E-state index is 12.8. The van der Waals surface area contributed by atoms with E-state index in [1.165, 1.54) is 12.1 Å². The Labute approximate surface area is 195 Å². The largest absolute Gasteiger partial charge is 0.483 e. The highest BCUT2D eigenvalue weighted by atomic mass is 19.4. The highest BCUT2D eigenvalue weighted by Crippen LogP contribution is 2.30. The minimum Gasteiger partial charge on any atom is -0.483 e. The first-order valence-corrected chi connectivity index (χ1v) is 10.5. The van der Waals surface area contributed by atoms with Crippen molar-refractivity contribution in [2.75, 3.05) is 0 Å². The summed E-state index contributed by atoms with van der Waals surface area (Å²) >= 11 is 0. The van der Waals surface area contributed by atoms with E-state index in [1.807, 2.05) is 60.7 Å². The zero-order chi connectivity index (χ0) is 23.8. The fourth-order valence-corrected chi connectivity index (χ4v) is 3.09. The van der Waals surface area contributed by atoms with Crippen LogP contribution in [0.5, 0.6) is 11.6 Å². The van der Waals surface area contributed by atoms with Gasteiger partial charge in [-0.1, -0.05) is 78.9 Å². The fourth-order valence-electron chi connectivity index (χ4n) is 3.09. The van der Waals surface area contributed by atoms with Gasteiger partial charge in [-0.3, -0.25) is 0 Å². The molecule has 0 spiro atoms. The maximum Gasteiger partial charge on any atom is 0.416 e. The number of aromatic nitrogens is 2. The van der Waals surface area contributed by atoms with E-state index in [1.54, 1.807) is 18.2 Å². The van der Waals surface area contributed by atoms with E-state index in [0.29, 0.717) is 30.2 Å². The van der Waals surface area contributed by atoms with Crippen LogP contribution in [0.25, 0.3) is 12.2 Å². The van der Waals surface area contributed by atoms with Crippen LogP contribution in [0.1, 0.15) is 27.9 Å². The molecule has 3 aromatic carbocycles. The van der Waals surface area contributed by atoms with Gasteiger partial charge in [-0.05, 0) is 34.9 Å². The first-order valence-electron chi connectivity index (χ1n) is 10.5. The monoisotopic (exact) mass is 462 g/mol. The molecule has 172 valence electrons. The normalized spacial score (nSPS) is 11.5. The molecule has 7 heteroatoms. The van der Waals surface area contributed by atoms with Crippen molar-refractivity contribution in [3.05, 3.63) is 119 Å². The second-order valence-electron chi connectivity index (χ2n) is 7.44. The minimum atomic E-state index is -4.37. The van der Waals surface area contributed by atoms with Gasteiger partial charge in [-0.2, -0.15) is 13.2 Å². The van der Waals surface area contributed by atoms with Crippen molar-refractivity contribution < 1.29 is 22.6 Å². The van der Waals surface area contributed by atoms with Gasteiger partial charge in [0, 0.05) is 6.07 Å². The first-order chi connectivity index (χ1) is 16.5. The van der Waals surface area contributed by atoms with Crippen molar-refractivity contribution in [3.8, 4) is 11.6 Å². The van der Waals surface area contributed by atoms with Crippen LogP contribution in [-0.4, -0.2) is 10.2 Å². The van der Waals surface area contributed by atoms with Crippen molar-refractivity contribution >= 4 is 12.2 Å². The SMILES string of the molecule is FC(F)(F)c1ccc(C=Cc2cc(OCc3ccccc3)c(OCc3ccccc3)nn2)cc1. The molecule has 34 heavy (non-hydrogen) atoms. The van der Waals surface area contributed by atoms with Gasteiger partial charge in [-0.25, -0.2) is 0 Å². The lowest BCUT2D eigenvalue weighted by Gasteiger charge is -2.12. The van der Waals surface area contributed by atoms with Crippen molar-refractivity contribution in [3.63, 3.8) is 0 Å². The molecule has 4 nitrogen and oxygen atoms in total. The molecule has 0 saturated heterocycles. The van der Waals surface area contributed by atoms with E-state index in [9.17, 15) is 13.2 Å². The van der Waals surface area contributed by atoms with Gasteiger partial charge in [0.1, 0.15) is 13.2 Å². The number of halogens is 3. The number of nitrogens with zero attached hydrogens (tertiary/aromatic N) is 2. The molecule has 0 unspecified atom stereocenters. The average Bonchev–Trinajstić information content (AvgIpc) is 2.86. The summed E-state index contributed by atoms with van der Waals surface area (Å²) in [7, 11) is 0. The molecule has 0 aliphatic heterocycles. The summed E-state index contributed by atoms with van der Waals surface area (Å²) in [6, 6.07) is 25.9. The summed E-state index contributed by atoms with van der Waals surface area (Å²) in [5, 5.41) is 8.32. The Morgan fingerprint density at radius 2 is 1.26 bits per heavy atom. The summed E-state index contributed by atoms with van der Waals surface area (Å²) in [5.74, 6) is 0.674. The summed E-state index contributed by atoms with van der Waals surface area (Å²) in [6.45, 7) is 0.619. The Hall–Kier alpha value is -4.13. The smallest absolute Gasteiger partial charge is 0.416 e. The molecule has 1 heterocycles. The minimum absolute atomic E-state index is 0.256. The predicted molar refractivity (Wildman–Crippen MR) is 124 cm³/mol. The van der Waals surface area contributed by atoms with E-state index in [4.69, 9.17) is 9.47 Å². The van der Waals surface area contributed by atoms with Crippen LogP contribution < -0.4 is 9.47 Å².